The van der Waals surface area contributed by atoms with E-state index < -0.39 is 11.9 Å². The zero-order chi connectivity index (χ0) is 21.1. The van der Waals surface area contributed by atoms with Crippen LogP contribution in [0.4, 0.5) is 0 Å². The van der Waals surface area contributed by atoms with Gasteiger partial charge in [0.1, 0.15) is 11.5 Å². The summed E-state index contributed by atoms with van der Waals surface area (Å²) in [5, 5.41) is 14.8. The van der Waals surface area contributed by atoms with Gasteiger partial charge in [-0.05, 0) is 38.9 Å². The molecule has 0 unspecified atom stereocenters. The first-order chi connectivity index (χ1) is 13.3. The second-order valence-corrected chi connectivity index (χ2v) is 6.09. The minimum absolute atomic E-state index is 0.0500. The maximum absolute atomic E-state index is 11.8. The van der Waals surface area contributed by atoms with Gasteiger partial charge in [0.05, 0.1) is 26.7 Å². The van der Waals surface area contributed by atoms with Gasteiger partial charge < -0.3 is 24.4 Å². The van der Waals surface area contributed by atoms with Crippen LogP contribution in [0.2, 0.25) is 0 Å². The van der Waals surface area contributed by atoms with Gasteiger partial charge in [0.2, 0.25) is 0 Å². The smallest absolute Gasteiger partial charge is 0.414 e. The summed E-state index contributed by atoms with van der Waals surface area (Å²) in [4.78, 5) is 32.3. The summed E-state index contributed by atoms with van der Waals surface area (Å²) >= 11 is 0. The Balaban J connectivity index is 0.000000568. The van der Waals surface area contributed by atoms with Gasteiger partial charge in [-0.15, -0.1) is 0 Å². The Bertz CT molecular complexity index is 656. The Morgan fingerprint density at radius 1 is 1.07 bits per heavy atom. The number of carbonyl (C=O) groups is 3. The predicted octanol–water partition coefficient (Wildman–Crippen LogP) is 1.63. The van der Waals surface area contributed by atoms with Crippen molar-refractivity contribution in [1.29, 1.82) is 0 Å². The number of likely N-dealkylation sites (tertiary alicyclic amines) is 1. The lowest BCUT2D eigenvalue weighted by Gasteiger charge is -2.31. The van der Waals surface area contributed by atoms with E-state index in [9.17, 15) is 4.79 Å². The SMILES string of the molecule is CCOC(=O)C1CCN(Cc2ccc(OC)cc2OC)CC1.O=C(O)C(=O)O. The molecule has 156 valence electrons. The fraction of sp³-hybridized carbons (Fsp3) is 0.526. The summed E-state index contributed by atoms with van der Waals surface area (Å²) in [7, 11) is 3.32. The normalized spacial score (nSPS) is 14.4. The topological polar surface area (TPSA) is 123 Å². The standard InChI is InChI=1S/C17H25NO4.C2H2O4/c1-4-22-17(19)13-7-9-18(10-8-13)12-14-5-6-15(20-2)11-16(14)21-3;3-1(4)2(5)6/h5-6,11,13H,4,7-10,12H2,1-3H3;(H,3,4)(H,5,6). The highest BCUT2D eigenvalue weighted by Gasteiger charge is 2.26. The van der Waals surface area contributed by atoms with E-state index in [0.717, 1.165) is 49.5 Å². The minimum atomic E-state index is -1.82. The average molecular weight is 397 g/mol. The maximum Gasteiger partial charge on any atom is 0.414 e. The molecule has 1 aromatic rings. The molecule has 0 spiro atoms. The molecule has 1 aliphatic heterocycles. The molecule has 0 aromatic heterocycles. The van der Waals surface area contributed by atoms with Crippen LogP contribution >= 0.6 is 0 Å². The van der Waals surface area contributed by atoms with E-state index in [1.54, 1.807) is 14.2 Å². The van der Waals surface area contributed by atoms with Crippen LogP contribution in [0, 0.1) is 5.92 Å². The number of hydrogen-bond donors (Lipinski definition) is 2. The third-order valence-corrected chi connectivity index (χ3v) is 4.28. The van der Waals surface area contributed by atoms with Crippen molar-refractivity contribution in [3.8, 4) is 11.5 Å². The summed E-state index contributed by atoms with van der Waals surface area (Å²) < 4.78 is 15.8. The highest BCUT2D eigenvalue weighted by Crippen LogP contribution is 2.27. The average Bonchev–Trinajstić information content (AvgIpc) is 2.69. The molecule has 9 nitrogen and oxygen atoms in total. The van der Waals surface area contributed by atoms with Crippen LogP contribution in [0.25, 0.3) is 0 Å². The fourth-order valence-electron chi connectivity index (χ4n) is 2.81. The van der Waals surface area contributed by atoms with Crippen LogP contribution in [0.5, 0.6) is 11.5 Å². The molecule has 0 aliphatic carbocycles. The molecular formula is C19H27NO8. The number of aliphatic carboxylic acids is 2. The molecule has 1 saturated heterocycles. The molecule has 2 rings (SSSR count). The number of carboxylic acids is 2. The lowest BCUT2D eigenvalue weighted by atomic mass is 9.96. The number of esters is 1. The predicted molar refractivity (Wildman–Crippen MR) is 99.5 cm³/mol. The van der Waals surface area contributed by atoms with Gasteiger partial charge >= 0.3 is 17.9 Å². The number of hydrogen-bond acceptors (Lipinski definition) is 7. The van der Waals surface area contributed by atoms with Gasteiger partial charge in [0.15, 0.2) is 0 Å². The van der Waals surface area contributed by atoms with E-state index in [1.165, 1.54) is 0 Å². The number of carboxylic acid groups (broad SMARTS) is 2. The Hall–Kier alpha value is -2.81. The minimum Gasteiger partial charge on any atom is -0.497 e. The molecule has 1 aliphatic rings. The first kappa shape index (κ1) is 23.2. The zero-order valence-corrected chi connectivity index (χ0v) is 16.3. The third-order valence-electron chi connectivity index (χ3n) is 4.28. The molecule has 2 N–H and O–H groups in total. The summed E-state index contributed by atoms with van der Waals surface area (Å²) in [6.45, 7) is 4.94. The zero-order valence-electron chi connectivity index (χ0n) is 16.3. The van der Waals surface area contributed by atoms with Gasteiger partial charge in [-0.25, -0.2) is 9.59 Å². The Labute approximate surface area is 163 Å². The van der Waals surface area contributed by atoms with Crippen LogP contribution in [0.15, 0.2) is 18.2 Å². The van der Waals surface area contributed by atoms with Crippen LogP contribution in [-0.2, 0) is 25.7 Å². The Kier molecular flexibility index (Phi) is 9.80. The monoisotopic (exact) mass is 397 g/mol. The van der Waals surface area contributed by atoms with E-state index in [0.29, 0.717) is 6.61 Å². The number of ether oxygens (including phenoxy) is 3. The molecule has 1 heterocycles. The highest BCUT2D eigenvalue weighted by molar-refractivity contribution is 6.27. The number of nitrogens with zero attached hydrogens (tertiary/aromatic N) is 1. The van der Waals surface area contributed by atoms with Crippen molar-refractivity contribution in [3.63, 3.8) is 0 Å². The van der Waals surface area contributed by atoms with Crippen LogP contribution in [0.3, 0.4) is 0 Å². The van der Waals surface area contributed by atoms with Crippen molar-refractivity contribution in [2.24, 2.45) is 5.92 Å². The summed E-state index contributed by atoms with van der Waals surface area (Å²) in [5.41, 5.74) is 1.14. The summed E-state index contributed by atoms with van der Waals surface area (Å²) in [5.74, 6) is -2.02. The van der Waals surface area contributed by atoms with Crippen molar-refractivity contribution in [3.05, 3.63) is 23.8 Å². The molecule has 0 atom stereocenters. The molecule has 28 heavy (non-hydrogen) atoms. The van der Waals surface area contributed by atoms with Gasteiger partial charge in [-0.2, -0.15) is 0 Å². The summed E-state index contributed by atoms with van der Waals surface area (Å²) in [6.07, 6.45) is 1.72. The fourth-order valence-corrected chi connectivity index (χ4v) is 2.81. The first-order valence-electron chi connectivity index (χ1n) is 8.88. The highest BCUT2D eigenvalue weighted by atomic mass is 16.5. The quantitative estimate of drug-likeness (QED) is 0.544. The number of piperidine rings is 1. The lowest BCUT2D eigenvalue weighted by molar-refractivity contribution is -0.159. The van der Waals surface area contributed by atoms with Crippen molar-refractivity contribution < 1.29 is 38.8 Å². The maximum atomic E-state index is 11.8. The second-order valence-electron chi connectivity index (χ2n) is 6.09. The van der Waals surface area contributed by atoms with E-state index in [2.05, 4.69) is 4.90 Å². The molecule has 0 bridgehead atoms. The van der Waals surface area contributed by atoms with Gasteiger partial charge in [0, 0.05) is 18.2 Å². The van der Waals surface area contributed by atoms with E-state index in [4.69, 9.17) is 34.0 Å². The lowest BCUT2D eigenvalue weighted by Crippen LogP contribution is -2.36. The molecular weight excluding hydrogens is 370 g/mol. The largest absolute Gasteiger partial charge is 0.497 e. The van der Waals surface area contributed by atoms with Crippen molar-refractivity contribution in [2.75, 3.05) is 33.9 Å². The van der Waals surface area contributed by atoms with Gasteiger partial charge in [0.25, 0.3) is 0 Å². The molecule has 1 aromatic carbocycles. The number of carbonyl (C=O) groups excluding carboxylic acids is 1. The number of rotatable bonds is 6. The molecule has 0 amide bonds. The van der Waals surface area contributed by atoms with E-state index in [-0.39, 0.29) is 11.9 Å². The Morgan fingerprint density at radius 3 is 2.14 bits per heavy atom. The van der Waals surface area contributed by atoms with Crippen molar-refractivity contribution in [1.82, 2.24) is 4.90 Å². The van der Waals surface area contributed by atoms with E-state index >= 15 is 0 Å². The third kappa shape index (κ3) is 7.43. The Morgan fingerprint density at radius 2 is 1.68 bits per heavy atom. The van der Waals surface area contributed by atoms with Crippen LogP contribution < -0.4 is 9.47 Å². The first-order valence-corrected chi connectivity index (χ1v) is 8.88. The van der Waals surface area contributed by atoms with Crippen molar-refractivity contribution >= 4 is 17.9 Å². The number of benzene rings is 1. The van der Waals surface area contributed by atoms with Crippen molar-refractivity contribution in [2.45, 2.75) is 26.3 Å². The van der Waals surface area contributed by atoms with Crippen LogP contribution in [0.1, 0.15) is 25.3 Å². The van der Waals surface area contributed by atoms with E-state index in [1.807, 2.05) is 25.1 Å². The molecule has 9 heteroatoms. The summed E-state index contributed by atoms with van der Waals surface area (Å²) in [6, 6.07) is 5.89. The molecule has 0 radical (unpaired) electrons. The molecule has 1 fully saturated rings. The van der Waals surface area contributed by atoms with Crippen LogP contribution in [-0.4, -0.2) is 66.9 Å². The van der Waals surface area contributed by atoms with Gasteiger partial charge in [-0.1, -0.05) is 6.07 Å². The number of methoxy groups -OCH3 is 2. The van der Waals surface area contributed by atoms with Gasteiger partial charge in [-0.3, -0.25) is 9.69 Å². The molecule has 0 saturated carbocycles. The second kappa shape index (κ2) is 11.8.